The minimum Gasteiger partial charge on any atom is -0.344 e. The monoisotopic (exact) mass is 386 g/mol. The zero-order valence-electron chi connectivity index (χ0n) is 17.6. The third-order valence-electron chi connectivity index (χ3n) is 6.18. The van der Waals surface area contributed by atoms with Gasteiger partial charge in [-0.15, -0.1) is 0 Å². The van der Waals surface area contributed by atoms with Crippen LogP contribution in [0.25, 0.3) is 0 Å². The maximum atomic E-state index is 6.43. The van der Waals surface area contributed by atoms with E-state index in [-0.39, 0.29) is 6.04 Å². The van der Waals surface area contributed by atoms with Gasteiger partial charge in [0.05, 0.1) is 18.9 Å². The van der Waals surface area contributed by atoms with Crippen molar-refractivity contribution in [3.8, 4) is 0 Å². The molecule has 1 unspecified atom stereocenters. The van der Waals surface area contributed by atoms with Gasteiger partial charge in [-0.3, -0.25) is 4.99 Å². The van der Waals surface area contributed by atoms with Gasteiger partial charge in [-0.05, 0) is 57.6 Å². The Hall–Kier alpha value is -1.66. The van der Waals surface area contributed by atoms with Crippen molar-refractivity contribution in [1.82, 2.24) is 20.2 Å². The highest BCUT2D eigenvalue weighted by Crippen LogP contribution is 2.34. The summed E-state index contributed by atoms with van der Waals surface area (Å²) in [5.74, 6) is 1.54. The Morgan fingerprint density at radius 2 is 2.00 bits per heavy atom. The highest BCUT2D eigenvalue weighted by Gasteiger charge is 2.27. The van der Waals surface area contributed by atoms with Crippen LogP contribution >= 0.6 is 0 Å². The van der Waals surface area contributed by atoms with Gasteiger partial charge in [0, 0.05) is 36.1 Å². The Kier molecular flexibility index (Phi) is 8.10. The lowest BCUT2D eigenvalue weighted by atomic mass is 9.84. The smallest absolute Gasteiger partial charge is 0.123 e. The molecule has 1 aliphatic carbocycles. The Morgan fingerprint density at radius 3 is 2.68 bits per heavy atom. The van der Waals surface area contributed by atoms with E-state index in [4.69, 9.17) is 5.73 Å². The predicted molar refractivity (Wildman–Crippen MR) is 116 cm³/mol. The van der Waals surface area contributed by atoms with Gasteiger partial charge in [0.1, 0.15) is 5.82 Å². The standard InChI is InChI=1S/C20H32N6.C2H6/c21-18(12-16-4-1-2-10-23-16)20-24-13-19(25-20)15-5-7-17(8-6-15)26-11-3-9-22-14-26;1-2/h3,11,13-18,23H,1-2,4-10,12,21H2,(H,24,25);1-2H3/t15?,16?,17?,18-;/m0./s1. The van der Waals surface area contributed by atoms with E-state index in [0.717, 1.165) is 25.3 Å². The van der Waals surface area contributed by atoms with Crippen LogP contribution in [0.3, 0.4) is 0 Å². The molecule has 156 valence electrons. The molecule has 28 heavy (non-hydrogen) atoms. The van der Waals surface area contributed by atoms with Crippen LogP contribution in [0, 0.1) is 0 Å². The maximum Gasteiger partial charge on any atom is 0.123 e. The largest absolute Gasteiger partial charge is 0.344 e. The van der Waals surface area contributed by atoms with Gasteiger partial charge in [0.2, 0.25) is 0 Å². The molecule has 4 rings (SSSR count). The summed E-state index contributed by atoms with van der Waals surface area (Å²) in [5.41, 5.74) is 7.70. The number of aromatic nitrogens is 2. The van der Waals surface area contributed by atoms with Crippen molar-refractivity contribution in [1.29, 1.82) is 0 Å². The lowest BCUT2D eigenvalue weighted by Gasteiger charge is -2.34. The number of rotatable bonds is 5. The lowest BCUT2D eigenvalue weighted by molar-refractivity contribution is 0.280. The third kappa shape index (κ3) is 5.45. The van der Waals surface area contributed by atoms with E-state index < -0.39 is 0 Å². The molecular formula is C22H38N6. The number of nitrogens with one attached hydrogen (secondary N) is 2. The number of nitrogens with zero attached hydrogens (tertiary/aromatic N) is 3. The van der Waals surface area contributed by atoms with Crippen LogP contribution in [0.4, 0.5) is 0 Å². The Balaban J connectivity index is 0.00000109. The van der Waals surface area contributed by atoms with Crippen LogP contribution in [0.5, 0.6) is 0 Å². The number of aromatic amines is 1. The molecule has 3 aliphatic rings. The predicted octanol–water partition coefficient (Wildman–Crippen LogP) is 3.85. The molecule has 0 spiro atoms. The minimum absolute atomic E-state index is 0.00499. The molecular weight excluding hydrogens is 348 g/mol. The molecule has 2 fully saturated rings. The molecule has 1 aromatic heterocycles. The summed E-state index contributed by atoms with van der Waals surface area (Å²) in [6.07, 6.45) is 18.0. The molecule has 1 saturated heterocycles. The van der Waals surface area contributed by atoms with Gasteiger partial charge in [-0.25, -0.2) is 4.98 Å². The number of aliphatic imine (C=N–C) groups is 1. The first-order valence-electron chi connectivity index (χ1n) is 11.3. The van der Waals surface area contributed by atoms with Crippen molar-refractivity contribution in [3.05, 3.63) is 30.0 Å². The van der Waals surface area contributed by atoms with E-state index in [1.165, 1.54) is 50.6 Å². The Labute approximate surface area is 170 Å². The number of hydrogen-bond donors (Lipinski definition) is 3. The van der Waals surface area contributed by atoms with Crippen molar-refractivity contribution in [2.24, 2.45) is 10.7 Å². The molecule has 0 aromatic carbocycles. The first-order chi connectivity index (χ1) is 13.8. The van der Waals surface area contributed by atoms with E-state index in [9.17, 15) is 0 Å². The Bertz CT molecular complexity index is 611. The van der Waals surface area contributed by atoms with E-state index in [2.05, 4.69) is 37.5 Å². The SMILES string of the molecule is CC.N[C@@H](CC1CCCCN1)c1ncc(C2CCC(N3C=CCN=C3)CC2)[nH]1. The van der Waals surface area contributed by atoms with Crippen LogP contribution in [0.2, 0.25) is 0 Å². The third-order valence-corrected chi connectivity index (χ3v) is 6.18. The second-order valence-electron chi connectivity index (χ2n) is 8.03. The van der Waals surface area contributed by atoms with Gasteiger partial charge in [-0.2, -0.15) is 0 Å². The normalized spacial score (nSPS) is 28.5. The van der Waals surface area contributed by atoms with Gasteiger partial charge in [-0.1, -0.05) is 20.3 Å². The second-order valence-corrected chi connectivity index (χ2v) is 8.03. The molecule has 2 aliphatic heterocycles. The number of H-pyrrole nitrogens is 1. The highest BCUT2D eigenvalue weighted by molar-refractivity contribution is 5.58. The summed E-state index contributed by atoms with van der Waals surface area (Å²) >= 11 is 0. The zero-order chi connectivity index (χ0) is 19.8. The van der Waals surface area contributed by atoms with Crippen molar-refractivity contribution in [3.63, 3.8) is 0 Å². The highest BCUT2D eigenvalue weighted by atomic mass is 15.2. The van der Waals surface area contributed by atoms with Crippen LogP contribution in [-0.4, -0.2) is 46.4 Å². The zero-order valence-corrected chi connectivity index (χ0v) is 17.6. The average Bonchev–Trinajstić information content (AvgIpc) is 3.27. The fraction of sp³-hybridized carbons (Fsp3) is 0.727. The molecule has 0 bridgehead atoms. The molecule has 2 atom stereocenters. The van der Waals surface area contributed by atoms with E-state index in [1.54, 1.807) is 0 Å². The lowest BCUT2D eigenvalue weighted by Crippen LogP contribution is -2.36. The summed E-state index contributed by atoms with van der Waals surface area (Å²) in [7, 11) is 0. The quantitative estimate of drug-likeness (QED) is 0.718. The molecule has 1 saturated carbocycles. The van der Waals surface area contributed by atoms with Crippen LogP contribution in [0.1, 0.15) is 88.7 Å². The van der Waals surface area contributed by atoms with Crippen molar-refractivity contribution < 1.29 is 0 Å². The number of piperidine rings is 1. The molecule has 1 aromatic rings. The molecule has 3 heterocycles. The van der Waals surface area contributed by atoms with Crippen LogP contribution in [0.15, 0.2) is 23.5 Å². The summed E-state index contributed by atoms with van der Waals surface area (Å²) in [4.78, 5) is 14.8. The van der Waals surface area contributed by atoms with Crippen molar-refractivity contribution in [2.45, 2.75) is 89.3 Å². The summed E-state index contributed by atoms with van der Waals surface area (Å²) in [6, 6.07) is 1.14. The first kappa shape index (κ1) is 21.1. The number of hydrogen-bond acceptors (Lipinski definition) is 5. The van der Waals surface area contributed by atoms with Gasteiger partial charge >= 0.3 is 0 Å². The first-order valence-corrected chi connectivity index (χ1v) is 11.3. The van der Waals surface area contributed by atoms with E-state index in [0.29, 0.717) is 18.0 Å². The van der Waals surface area contributed by atoms with Crippen LogP contribution < -0.4 is 11.1 Å². The average molecular weight is 387 g/mol. The van der Waals surface area contributed by atoms with Gasteiger partial charge in [0.25, 0.3) is 0 Å². The van der Waals surface area contributed by atoms with E-state index in [1.807, 2.05) is 26.4 Å². The second kappa shape index (κ2) is 10.8. The molecule has 6 nitrogen and oxygen atoms in total. The van der Waals surface area contributed by atoms with Gasteiger partial charge < -0.3 is 20.9 Å². The summed E-state index contributed by atoms with van der Waals surface area (Å²) in [6.45, 7) is 5.94. The maximum absolute atomic E-state index is 6.43. The van der Waals surface area contributed by atoms with Gasteiger partial charge in [0.15, 0.2) is 0 Å². The molecule has 0 radical (unpaired) electrons. The summed E-state index contributed by atoms with van der Waals surface area (Å²) in [5, 5.41) is 3.58. The summed E-state index contributed by atoms with van der Waals surface area (Å²) < 4.78 is 0. The fourth-order valence-electron chi connectivity index (χ4n) is 4.60. The number of nitrogens with two attached hydrogens (primary N) is 1. The topological polar surface area (TPSA) is 82.3 Å². The van der Waals surface area contributed by atoms with Crippen molar-refractivity contribution in [2.75, 3.05) is 13.1 Å². The molecule has 6 heteroatoms. The molecule has 4 N–H and O–H groups in total. The van der Waals surface area contributed by atoms with Crippen molar-refractivity contribution >= 4 is 6.34 Å². The van der Waals surface area contributed by atoms with Crippen LogP contribution in [-0.2, 0) is 0 Å². The fourth-order valence-corrected chi connectivity index (χ4v) is 4.60. The molecule has 0 amide bonds. The minimum atomic E-state index is 0.00499. The van der Waals surface area contributed by atoms with E-state index >= 15 is 0 Å². The Morgan fingerprint density at radius 1 is 1.18 bits per heavy atom. The number of imidazole rings is 1.